The second-order valence-electron chi connectivity index (χ2n) is 4.51. The Labute approximate surface area is 134 Å². The summed E-state index contributed by atoms with van der Waals surface area (Å²) in [6.45, 7) is 0. The van der Waals surface area contributed by atoms with Crippen molar-refractivity contribution in [3.05, 3.63) is 71.2 Å². The van der Waals surface area contributed by atoms with E-state index in [4.69, 9.17) is 4.74 Å². The van der Waals surface area contributed by atoms with Crippen LogP contribution in [0.2, 0.25) is 0 Å². The summed E-state index contributed by atoms with van der Waals surface area (Å²) in [6, 6.07) is 9.55. The van der Waals surface area contributed by atoms with Gasteiger partial charge in [-0.3, -0.25) is 4.79 Å². The lowest BCUT2D eigenvalue weighted by atomic mass is 10.2. The van der Waals surface area contributed by atoms with Crippen molar-refractivity contribution in [1.82, 2.24) is 4.98 Å². The first-order chi connectivity index (χ1) is 11.1. The summed E-state index contributed by atoms with van der Waals surface area (Å²) in [6.07, 6.45) is 1.63. The molecule has 23 heavy (non-hydrogen) atoms. The minimum atomic E-state index is -1.02. The number of halogens is 2. The number of nitrogens with one attached hydrogen (secondary N) is 1. The molecular formula is C16H10F2N2O2S. The van der Waals surface area contributed by atoms with Crippen LogP contribution in [0.5, 0.6) is 10.9 Å². The zero-order valence-corrected chi connectivity index (χ0v) is 12.4. The van der Waals surface area contributed by atoms with Crippen molar-refractivity contribution in [2.75, 3.05) is 5.32 Å². The van der Waals surface area contributed by atoms with E-state index in [1.807, 2.05) is 0 Å². The van der Waals surface area contributed by atoms with Gasteiger partial charge < -0.3 is 10.1 Å². The lowest BCUT2D eigenvalue weighted by Crippen LogP contribution is -2.12. The zero-order chi connectivity index (χ0) is 16.2. The maximum Gasteiger partial charge on any atom is 0.278 e. The molecule has 3 aromatic rings. The average Bonchev–Trinajstić information content (AvgIpc) is 3.04. The van der Waals surface area contributed by atoms with Gasteiger partial charge in [-0.15, -0.1) is 0 Å². The number of ether oxygens (including phenoxy) is 1. The van der Waals surface area contributed by atoms with Crippen molar-refractivity contribution >= 4 is 22.9 Å². The maximum absolute atomic E-state index is 13.1. The van der Waals surface area contributed by atoms with E-state index in [0.717, 1.165) is 12.1 Å². The molecule has 1 amide bonds. The normalized spacial score (nSPS) is 10.3. The highest BCUT2D eigenvalue weighted by Gasteiger charge is 2.09. The third-order valence-corrected chi connectivity index (χ3v) is 3.56. The molecule has 2 aromatic carbocycles. The van der Waals surface area contributed by atoms with Gasteiger partial charge in [0.2, 0.25) is 0 Å². The van der Waals surface area contributed by atoms with E-state index in [-0.39, 0.29) is 5.69 Å². The molecule has 0 atom stereocenters. The van der Waals surface area contributed by atoms with E-state index in [1.165, 1.54) is 17.4 Å². The molecule has 0 saturated heterocycles. The second-order valence-corrected chi connectivity index (χ2v) is 5.36. The third kappa shape index (κ3) is 3.70. The van der Waals surface area contributed by atoms with Crippen LogP contribution in [-0.4, -0.2) is 10.9 Å². The molecule has 0 aliphatic heterocycles. The standard InChI is InChI=1S/C16H10F2N2O2S/c17-13-6-3-11(9-14(13)18)20-15(21)10-1-4-12(5-2-10)22-16-19-7-8-23-16/h1-9H,(H,20,21). The predicted octanol–water partition coefficient (Wildman–Crippen LogP) is 4.47. The van der Waals surface area contributed by atoms with E-state index in [9.17, 15) is 13.6 Å². The molecule has 1 heterocycles. The van der Waals surface area contributed by atoms with Gasteiger partial charge in [0, 0.05) is 28.9 Å². The van der Waals surface area contributed by atoms with Crippen molar-refractivity contribution in [1.29, 1.82) is 0 Å². The summed E-state index contributed by atoms with van der Waals surface area (Å²) >= 11 is 1.35. The Morgan fingerprint density at radius 1 is 1.09 bits per heavy atom. The lowest BCUT2D eigenvalue weighted by molar-refractivity contribution is 0.102. The first-order valence-electron chi connectivity index (χ1n) is 6.55. The molecule has 0 fully saturated rings. The summed E-state index contributed by atoms with van der Waals surface area (Å²) in [5.41, 5.74) is 0.540. The number of nitrogens with zero attached hydrogens (tertiary/aromatic N) is 1. The Bertz CT molecular complexity index is 821. The van der Waals surface area contributed by atoms with Crippen LogP contribution in [0.4, 0.5) is 14.5 Å². The van der Waals surface area contributed by atoms with Gasteiger partial charge in [-0.25, -0.2) is 13.8 Å². The SMILES string of the molecule is O=C(Nc1ccc(F)c(F)c1)c1ccc(Oc2nccs2)cc1. The van der Waals surface area contributed by atoms with Crippen LogP contribution in [0.1, 0.15) is 10.4 Å². The van der Waals surface area contributed by atoms with E-state index in [1.54, 1.807) is 35.8 Å². The van der Waals surface area contributed by atoms with Crippen LogP contribution in [0, 0.1) is 11.6 Å². The zero-order valence-electron chi connectivity index (χ0n) is 11.6. The number of carbonyl (C=O) groups is 1. The third-order valence-electron chi connectivity index (χ3n) is 2.91. The van der Waals surface area contributed by atoms with Gasteiger partial charge in [-0.2, -0.15) is 0 Å². The van der Waals surface area contributed by atoms with Gasteiger partial charge in [-0.1, -0.05) is 11.3 Å². The largest absolute Gasteiger partial charge is 0.431 e. The van der Waals surface area contributed by atoms with Crippen LogP contribution < -0.4 is 10.1 Å². The smallest absolute Gasteiger partial charge is 0.278 e. The van der Waals surface area contributed by atoms with Gasteiger partial charge in [0.05, 0.1) is 0 Å². The minimum absolute atomic E-state index is 0.178. The van der Waals surface area contributed by atoms with E-state index >= 15 is 0 Å². The van der Waals surface area contributed by atoms with Gasteiger partial charge in [0.1, 0.15) is 5.75 Å². The van der Waals surface area contributed by atoms with E-state index < -0.39 is 17.5 Å². The van der Waals surface area contributed by atoms with Gasteiger partial charge >= 0.3 is 0 Å². The van der Waals surface area contributed by atoms with Crippen molar-refractivity contribution in [3.63, 3.8) is 0 Å². The molecule has 0 aliphatic carbocycles. The number of hydrogen-bond acceptors (Lipinski definition) is 4. The number of thiazole rings is 1. The highest BCUT2D eigenvalue weighted by molar-refractivity contribution is 7.11. The molecule has 116 valence electrons. The van der Waals surface area contributed by atoms with Gasteiger partial charge in [0.15, 0.2) is 11.6 Å². The van der Waals surface area contributed by atoms with Gasteiger partial charge in [0.25, 0.3) is 11.1 Å². The molecule has 4 nitrogen and oxygen atoms in total. The van der Waals surface area contributed by atoms with Crippen LogP contribution in [0.3, 0.4) is 0 Å². The molecular weight excluding hydrogens is 322 g/mol. The second kappa shape index (κ2) is 6.53. The van der Waals surface area contributed by atoms with Crippen molar-refractivity contribution < 1.29 is 18.3 Å². The first kappa shape index (κ1) is 15.1. The fraction of sp³-hybridized carbons (Fsp3) is 0. The molecule has 1 N–H and O–H groups in total. The van der Waals surface area contributed by atoms with Crippen LogP contribution in [0.15, 0.2) is 54.0 Å². The fourth-order valence-corrected chi connectivity index (χ4v) is 2.32. The number of carbonyl (C=O) groups excluding carboxylic acids is 1. The Kier molecular flexibility index (Phi) is 4.29. The lowest BCUT2D eigenvalue weighted by Gasteiger charge is -2.07. The Morgan fingerprint density at radius 3 is 2.52 bits per heavy atom. The highest BCUT2D eigenvalue weighted by atomic mass is 32.1. The first-order valence-corrected chi connectivity index (χ1v) is 7.43. The van der Waals surface area contributed by atoms with Crippen LogP contribution in [0.25, 0.3) is 0 Å². The number of anilines is 1. The number of hydrogen-bond donors (Lipinski definition) is 1. The summed E-state index contributed by atoms with van der Waals surface area (Å²) in [5, 5.41) is 4.79. The maximum atomic E-state index is 13.1. The van der Waals surface area contributed by atoms with E-state index in [2.05, 4.69) is 10.3 Å². The Morgan fingerprint density at radius 2 is 1.87 bits per heavy atom. The molecule has 7 heteroatoms. The summed E-state index contributed by atoms with van der Waals surface area (Å²) in [4.78, 5) is 16.1. The van der Waals surface area contributed by atoms with Crippen molar-refractivity contribution in [3.8, 4) is 10.9 Å². The molecule has 3 rings (SSSR count). The quantitative estimate of drug-likeness (QED) is 0.767. The monoisotopic (exact) mass is 332 g/mol. The summed E-state index contributed by atoms with van der Waals surface area (Å²) in [5.74, 6) is -1.87. The Balaban J connectivity index is 1.68. The topological polar surface area (TPSA) is 51.2 Å². The predicted molar refractivity (Wildman–Crippen MR) is 82.9 cm³/mol. The fourth-order valence-electron chi connectivity index (χ4n) is 1.81. The van der Waals surface area contributed by atoms with Crippen LogP contribution in [-0.2, 0) is 0 Å². The molecule has 0 spiro atoms. The number of benzene rings is 2. The van der Waals surface area contributed by atoms with Crippen LogP contribution >= 0.6 is 11.3 Å². The number of amides is 1. The molecule has 0 unspecified atom stereocenters. The number of aromatic nitrogens is 1. The molecule has 0 saturated carbocycles. The molecule has 0 bridgehead atoms. The molecule has 0 radical (unpaired) electrons. The average molecular weight is 332 g/mol. The minimum Gasteiger partial charge on any atom is -0.431 e. The molecule has 1 aromatic heterocycles. The summed E-state index contributed by atoms with van der Waals surface area (Å²) < 4.78 is 31.5. The molecule has 0 aliphatic rings. The van der Waals surface area contributed by atoms with Gasteiger partial charge in [-0.05, 0) is 36.4 Å². The highest BCUT2D eigenvalue weighted by Crippen LogP contribution is 2.23. The Hall–Kier alpha value is -2.80. The number of rotatable bonds is 4. The van der Waals surface area contributed by atoms with Crippen molar-refractivity contribution in [2.45, 2.75) is 0 Å². The van der Waals surface area contributed by atoms with Crippen molar-refractivity contribution in [2.24, 2.45) is 0 Å². The van der Waals surface area contributed by atoms with E-state index in [0.29, 0.717) is 16.5 Å². The summed E-state index contributed by atoms with van der Waals surface area (Å²) in [7, 11) is 0.